The molecule has 1 aromatic carbocycles. The van der Waals surface area contributed by atoms with Crippen LogP contribution in [0.5, 0.6) is 5.75 Å². The quantitative estimate of drug-likeness (QED) is 0.476. The van der Waals surface area contributed by atoms with Crippen molar-refractivity contribution in [2.24, 2.45) is 0 Å². The number of carbonyl (C=O) groups is 1. The molecule has 2 aliphatic heterocycles. The number of para-hydroxylation sites is 1. The molecule has 0 aliphatic carbocycles. The van der Waals surface area contributed by atoms with Crippen LogP contribution in [-0.4, -0.2) is 49.2 Å². The maximum atomic E-state index is 12.9. The number of hydrogen-bond acceptors (Lipinski definition) is 6. The fourth-order valence-corrected chi connectivity index (χ4v) is 3.91. The Kier molecular flexibility index (Phi) is 5.94. The fourth-order valence-electron chi connectivity index (χ4n) is 3.44. The molecule has 0 N–H and O–H groups in total. The summed E-state index contributed by atoms with van der Waals surface area (Å²) in [7, 11) is -5.86. The predicted octanol–water partition coefficient (Wildman–Crippen LogP) is 4.45. The molecule has 1 fully saturated rings. The largest absolute Gasteiger partial charge is 0.534 e. The number of halogens is 3. The van der Waals surface area contributed by atoms with E-state index in [2.05, 4.69) is 4.18 Å². The third-order valence-corrected chi connectivity index (χ3v) is 5.79. The van der Waals surface area contributed by atoms with Crippen molar-refractivity contribution >= 4 is 22.0 Å². The number of rotatable bonds is 2. The van der Waals surface area contributed by atoms with Crippen LogP contribution in [0.4, 0.5) is 18.0 Å². The molecular formula is C20H24F3NO6S. The highest BCUT2D eigenvalue weighted by molar-refractivity contribution is 7.87. The van der Waals surface area contributed by atoms with Crippen LogP contribution in [0, 0.1) is 0 Å². The van der Waals surface area contributed by atoms with Crippen LogP contribution < -0.4 is 4.74 Å². The second-order valence-electron chi connectivity index (χ2n) is 8.48. The van der Waals surface area contributed by atoms with Crippen molar-refractivity contribution in [2.45, 2.75) is 56.7 Å². The molecule has 1 unspecified atom stereocenters. The van der Waals surface area contributed by atoms with Gasteiger partial charge in [0.1, 0.15) is 17.0 Å². The Balaban J connectivity index is 1.90. The summed E-state index contributed by atoms with van der Waals surface area (Å²) >= 11 is 0. The standard InChI is InChI=1S/C20H24F3NO6S/c1-18(2,3)29-17(25)24-11-6-9-19(10-12-24)13-16(30-31(26,27)20(21,22)23)14-7-4-5-8-15(14)28-19/h4-5,7-8,13H,6,9-12H2,1-3H3. The van der Waals surface area contributed by atoms with Crippen molar-refractivity contribution < 1.29 is 40.0 Å². The first kappa shape index (κ1) is 23.2. The Morgan fingerprint density at radius 1 is 1.13 bits per heavy atom. The lowest BCUT2D eigenvalue weighted by atomic mass is 9.90. The third-order valence-electron chi connectivity index (χ3n) is 4.83. The topological polar surface area (TPSA) is 82.1 Å². The van der Waals surface area contributed by atoms with Crippen LogP contribution in [0.3, 0.4) is 0 Å². The zero-order valence-corrected chi connectivity index (χ0v) is 18.2. The minimum absolute atomic E-state index is 0.106. The van der Waals surface area contributed by atoms with Crippen LogP contribution in [0.25, 0.3) is 5.76 Å². The van der Waals surface area contributed by atoms with Gasteiger partial charge in [0.25, 0.3) is 0 Å². The molecule has 3 rings (SSSR count). The Labute approximate surface area is 178 Å². The minimum Gasteiger partial charge on any atom is -0.482 e. The minimum atomic E-state index is -5.86. The molecule has 1 saturated heterocycles. The smallest absolute Gasteiger partial charge is 0.482 e. The van der Waals surface area contributed by atoms with Gasteiger partial charge in [-0.25, -0.2) is 4.79 Å². The van der Waals surface area contributed by atoms with Gasteiger partial charge in [0.15, 0.2) is 5.76 Å². The van der Waals surface area contributed by atoms with E-state index in [1.807, 2.05) is 0 Å². The molecule has 7 nitrogen and oxygen atoms in total. The van der Waals surface area contributed by atoms with E-state index < -0.39 is 38.7 Å². The third kappa shape index (κ3) is 5.25. The first-order valence-corrected chi connectivity index (χ1v) is 11.1. The van der Waals surface area contributed by atoms with E-state index in [4.69, 9.17) is 9.47 Å². The van der Waals surface area contributed by atoms with Gasteiger partial charge in [0.05, 0.1) is 5.56 Å². The molecule has 0 radical (unpaired) electrons. The Morgan fingerprint density at radius 3 is 2.45 bits per heavy atom. The maximum Gasteiger partial charge on any atom is 0.534 e. The van der Waals surface area contributed by atoms with Crippen LogP contribution >= 0.6 is 0 Å². The summed E-state index contributed by atoms with van der Waals surface area (Å²) in [6.45, 7) is 5.83. The van der Waals surface area contributed by atoms with E-state index >= 15 is 0 Å². The van der Waals surface area contributed by atoms with E-state index in [9.17, 15) is 26.4 Å². The number of fused-ring (bicyclic) bond motifs is 1. The molecule has 1 spiro atoms. The zero-order valence-electron chi connectivity index (χ0n) is 17.4. The summed E-state index contributed by atoms with van der Waals surface area (Å²) in [4.78, 5) is 13.9. The van der Waals surface area contributed by atoms with Crippen LogP contribution in [0.15, 0.2) is 30.3 Å². The molecule has 1 atom stereocenters. The van der Waals surface area contributed by atoms with Crippen molar-refractivity contribution in [1.82, 2.24) is 4.90 Å². The number of nitrogens with zero attached hydrogens (tertiary/aromatic N) is 1. The number of benzene rings is 1. The van der Waals surface area contributed by atoms with Gasteiger partial charge < -0.3 is 18.6 Å². The number of carbonyl (C=O) groups excluding carboxylic acids is 1. The number of likely N-dealkylation sites (tertiary alicyclic amines) is 1. The van der Waals surface area contributed by atoms with Gasteiger partial charge in [-0.15, -0.1) is 0 Å². The van der Waals surface area contributed by atoms with Gasteiger partial charge in [0.2, 0.25) is 0 Å². The van der Waals surface area contributed by atoms with E-state index in [-0.39, 0.29) is 24.3 Å². The Hall–Kier alpha value is -2.43. The SMILES string of the molecule is CC(C)(C)OC(=O)N1CCCC2(C=C(OS(=O)(=O)C(F)(F)F)c3ccccc3O2)CC1. The Morgan fingerprint density at radius 2 is 1.81 bits per heavy atom. The summed E-state index contributed by atoms with van der Waals surface area (Å²) in [5, 5.41) is 0. The molecule has 1 aromatic rings. The van der Waals surface area contributed by atoms with Gasteiger partial charge >= 0.3 is 21.7 Å². The molecule has 172 valence electrons. The lowest BCUT2D eigenvalue weighted by molar-refractivity contribution is -0.0511. The maximum absolute atomic E-state index is 12.9. The average molecular weight is 463 g/mol. The zero-order chi connectivity index (χ0) is 23.1. The molecule has 31 heavy (non-hydrogen) atoms. The molecule has 0 saturated carbocycles. The number of amides is 1. The highest BCUT2D eigenvalue weighted by Gasteiger charge is 2.50. The molecule has 11 heteroatoms. The number of alkyl halides is 3. The lowest BCUT2D eigenvalue weighted by Crippen LogP contribution is -2.40. The van der Waals surface area contributed by atoms with Crippen molar-refractivity contribution in [3.8, 4) is 5.75 Å². The predicted molar refractivity (Wildman–Crippen MR) is 105 cm³/mol. The average Bonchev–Trinajstić information content (AvgIpc) is 2.81. The lowest BCUT2D eigenvalue weighted by Gasteiger charge is -2.36. The van der Waals surface area contributed by atoms with Gasteiger partial charge in [-0.1, -0.05) is 12.1 Å². The monoisotopic (exact) mass is 463 g/mol. The van der Waals surface area contributed by atoms with Crippen LogP contribution in [0.2, 0.25) is 0 Å². The number of ether oxygens (including phenoxy) is 2. The molecule has 0 bridgehead atoms. The van der Waals surface area contributed by atoms with Crippen molar-refractivity contribution in [3.63, 3.8) is 0 Å². The summed E-state index contributed by atoms with van der Waals surface area (Å²) < 4.78 is 78.0. The van der Waals surface area contributed by atoms with Gasteiger partial charge in [-0.3, -0.25) is 0 Å². The van der Waals surface area contributed by atoms with Crippen molar-refractivity contribution in [3.05, 3.63) is 35.9 Å². The van der Waals surface area contributed by atoms with Crippen LogP contribution in [0.1, 0.15) is 45.6 Å². The molecule has 2 heterocycles. The summed E-state index contributed by atoms with van der Waals surface area (Å²) in [6.07, 6.45) is 1.81. The van der Waals surface area contributed by atoms with E-state index in [1.165, 1.54) is 29.2 Å². The highest BCUT2D eigenvalue weighted by Crippen LogP contribution is 2.43. The van der Waals surface area contributed by atoms with Crippen molar-refractivity contribution in [2.75, 3.05) is 13.1 Å². The second kappa shape index (κ2) is 7.92. The second-order valence-corrected chi connectivity index (χ2v) is 10.0. The fraction of sp³-hybridized carbons (Fsp3) is 0.550. The molecular weight excluding hydrogens is 439 g/mol. The van der Waals surface area contributed by atoms with Gasteiger partial charge in [-0.05, 0) is 45.7 Å². The highest BCUT2D eigenvalue weighted by atomic mass is 32.2. The van der Waals surface area contributed by atoms with Gasteiger partial charge in [-0.2, -0.15) is 21.6 Å². The summed E-state index contributed by atoms with van der Waals surface area (Å²) in [6, 6.07) is 6.11. The van der Waals surface area contributed by atoms with Crippen molar-refractivity contribution in [1.29, 1.82) is 0 Å². The normalized spacial score (nSPS) is 22.1. The van der Waals surface area contributed by atoms with E-state index in [1.54, 1.807) is 26.8 Å². The van der Waals surface area contributed by atoms with E-state index in [0.29, 0.717) is 19.4 Å². The van der Waals surface area contributed by atoms with E-state index in [0.717, 1.165) is 0 Å². The number of hydrogen-bond donors (Lipinski definition) is 0. The van der Waals surface area contributed by atoms with Crippen LogP contribution in [-0.2, 0) is 19.0 Å². The summed E-state index contributed by atoms with van der Waals surface area (Å²) in [5.74, 6) is -0.229. The summed E-state index contributed by atoms with van der Waals surface area (Å²) in [5.41, 5.74) is -7.25. The molecule has 0 aromatic heterocycles. The molecule has 2 aliphatic rings. The molecule has 1 amide bonds. The van der Waals surface area contributed by atoms with Gasteiger partial charge in [0, 0.05) is 25.6 Å². The Bertz CT molecular complexity index is 983. The first-order chi connectivity index (χ1) is 14.2. The first-order valence-electron chi connectivity index (χ1n) is 9.71.